The van der Waals surface area contributed by atoms with Gasteiger partial charge in [-0.15, -0.1) is 11.3 Å². The largest absolute Gasteiger partial charge is 0.318 e. The molecule has 0 spiro atoms. The van der Waals surface area contributed by atoms with Crippen molar-refractivity contribution in [1.29, 1.82) is 0 Å². The Labute approximate surface area is 111 Å². The van der Waals surface area contributed by atoms with Gasteiger partial charge < -0.3 is 5.32 Å². The first-order valence-electron chi connectivity index (χ1n) is 5.93. The Morgan fingerprint density at radius 1 is 1.44 bits per heavy atom. The number of hydrogen-bond acceptors (Lipinski definition) is 3. The number of carbonyl (C=O) groups excluding carboxylic acids is 1. The van der Waals surface area contributed by atoms with Crippen LogP contribution in [0.1, 0.15) is 32.7 Å². The molecule has 1 amide bonds. The number of carbonyl (C=O) groups is 1. The molecule has 2 aromatic heterocycles. The standard InChI is InChI=1S/C13H17N3OS/c1-5-16-9(3)11(7-14-16)15-13(17)12-6-8(2)10(4)18-12/h6-7H,5H2,1-4H3,(H,15,17). The fourth-order valence-electron chi connectivity index (χ4n) is 1.76. The van der Waals surface area contributed by atoms with E-state index in [0.29, 0.717) is 0 Å². The van der Waals surface area contributed by atoms with E-state index < -0.39 is 0 Å². The third-order valence-corrected chi connectivity index (χ3v) is 4.19. The van der Waals surface area contributed by atoms with Gasteiger partial charge in [0.05, 0.1) is 22.5 Å². The summed E-state index contributed by atoms with van der Waals surface area (Å²) in [6.45, 7) is 8.83. The maximum atomic E-state index is 12.1. The summed E-state index contributed by atoms with van der Waals surface area (Å²) in [6.07, 6.45) is 1.70. The molecule has 18 heavy (non-hydrogen) atoms. The van der Waals surface area contributed by atoms with Crippen molar-refractivity contribution in [3.05, 3.63) is 33.3 Å². The summed E-state index contributed by atoms with van der Waals surface area (Å²) in [6, 6.07) is 1.93. The van der Waals surface area contributed by atoms with Crippen LogP contribution in [-0.4, -0.2) is 15.7 Å². The van der Waals surface area contributed by atoms with Crippen molar-refractivity contribution in [2.24, 2.45) is 0 Å². The van der Waals surface area contributed by atoms with Crippen LogP contribution in [0, 0.1) is 20.8 Å². The van der Waals surface area contributed by atoms with Gasteiger partial charge in [-0.2, -0.15) is 5.10 Å². The molecule has 2 aromatic rings. The zero-order valence-electron chi connectivity index (χ0n) is 11.1. The van der Waals surface area contributed by atoms with E-state index in [-0.39, 0.29) is 5.91 Å². The average Bonchev–Trinajstić information content (AvgIpc) is 2.85. The van der Waals surface area contributed by atoms with Crippen molar-refractivity contribution >= 4 is 22.9 Å². The Hall–Kier alpha value is -1.62. The summed E-state index contributed by atoms with van der Waals surface area (Å²) < 4.78 is 1.86. The van der Waals surface area contributed by atoms with E-state index in [1.807, 2.05) is 38.4 Å². The monoisotopic (exact) mass is 263 g/mol. The molecule has 96 valence electrons. The topological polar surface area (TPSA) is 46.9 Å². The lowest BCUT2D eigenvalue weighted by Gasteiger charge is -2.03. The highest BCUT2D eigenvalue weighted by molar-refractivity contribution is 7.14. The van der Waals surface area contributed by atoms with Gasteiger partial charge in [-0.05, 0) is 39.3 Å². The molecule has 5 heteroatoms. The highest BCUT2D eigenvalue weighted by atomic mass is 32.1. The molecule has 0 bridgehead atoms. The molecule has 2 heterocycles. The van der Waals surface area contributed by atoms with Crippen molar-refractivity contribution in [3.8, 4) is 0 Å². The molecule has 1 N–H and O–H groups in total. The molecule has 0 aliphatic carbocycles. The summed E-state index contributed by atoms with van der Waals surface area (Å²) in [5.41, 5.74) is 2.92. The second-order valence-electron chi connectivity index (χ2n) is 4.26. The summed E-state index contributed by atoms with van der Waals surface area (Å²) in [4.78, 5) is 14.0. The van der Waals surface area contributed by atoms with Gasteiger partial charge in [0.2, 0.25) is 0 Å². The lowest BCUT2D eigenvalue weighted by atomic mass is 10.3. The molecular weight excluding hydrogens is 246 g/mol. The van der Waals surface area contributed by atoms with Gasteiger partial charge >= 0.3 is 0 Å². The minimum Gasteiger partial charge on any atom is -0.318 e. The minimum absolute atomic E-state index is 0.0602. The van der Waals surface area contributed by atoms with Gasteiger partial charge in [-0.1, -0.05) is 0 Å². The lowest BCUT2D eigenvalue weighted by Crippen LogP contribution is -2.11. The van der Waals surface area contributed by atoms with Gasteiger partial charge in [-0.25, -0.2) is 0 Å². The molecule has 0 atom stereocenters. The molecular formula is C13H17N3OS. The normalized spacial score (nSPS) is 10.7. The number of hydrogen-bond donors (Lipinski definition) is 1. The number of amides is 1. The van der Waals surface area contributed by atoms with E-state index >= 15 is 0 Å². The average molecular weight is 263 g/mol. The predicted octanol–water partition coefficient (Wildman–Crippen LogP) is 3.14. The first-order chi connectivity index (χ1) is 8.52. The zero-order valence-corrected chi connectivity index (χ0v) is 11.9. The molecule has 0 aliphatic rings. The van der Waals surface area contributed by atoms with E-state index in [1.165, 1.54) is 16.2 Å². The Bertz CT molecular complexity index is 564. The van der Waals surface area contributed by atoms with Crippen LogP contribution >= 0.6 is 11.3 Å². The van der Waals surface area contributed by atoms with Crippen molar-refractivity contribution in [2.45, 2.75) is 34.2 Å². The Morgan fingerprint density at radius 3 is 2.67 bits per heavy atom. The van der Waals surface area contributed by atoms with Gasteiger partial charge in [0.1, 0.15) is 0 Å². The third-order valence-electron chi connectivity index (χ3n) is 3.04. The quantitative estimate of drug-likeness (QED) is 0.924. The highest BCUT2D eigenvalue weighted by Gasteiger charge is 2.13. The number of nitrogens with one attached hydrogen (secondary N) is 1. The summed E-state index contributed by atoms with van der Waals surface area (Å²) in [5, 5.41) is 7.12. The first-order valence-corrected chi connectivity index (χ1v) is 6.75. The van der Waals surface area contributed by atoms with Gasteiger partial charge in [-0.3, -0.25) is 9.48 Å². The van der Waals surface area contributed by atoms with Crippen LogP contribution < -0.4 is 5.32 Å². The van der Waals surface area contributed by atoms with Crippen LogP contribution in [0.4, 0.5) is 5.69 Å². The van der Waals surface area contributed by atoms with Gasteiger partial charge in [0.15, 0.2) is 0 Å². The molecule has 0 aromatic carbocycles. The SMILES string of the molecule is CCn1ncc(NC(=O)c2cc(C)c(C)s2)c1C. The number of nitrogens with zero attached hydrogens (tertiary/aromatic N) is 2. The van der Waals surface area contributed by atoms with Crippen LogP contribution in [0.3, 0.4) is 0 Å². The predicted molar refractivity (Wildman–Crippen MR) is 74.4 cm³/mol. The molecule has 0 unspecified atom stereocenters. The highest BCUT2D eigenvalue weighted by Crippen LogP contribution is 2.22. The van der Waals surface area contributed by atoms with Crippen molar-refractivity contribution in [3.63, 3.8) is 0 Å². The minimum atomic E-state index is -0.0602. The molecule has 0 saturated carbocycles. The van der Waals surface area contributed by atoms with E-state index in [0.717, 1.165) is 28.4 Å². The van der Waals surface area contributed by atoms with Crippen molar-refractivity contribution in [1.82, 2.24) is 9.78 Å². The summed E-state index contributed by atoms with van der Waals surface area (Å²) in [5.74, 6) is -0.0602. The Balaban J connectivity index is 2.18. The number of aryl methyl sites for hydroxylation is 3. The fourth-order valence-corrected chi connectivity index (χ4v) is 2.69. The lowest BCUT2D eigenvalue weighted by molar-refractivity contribution is 0.103. The van der Waals surface area contributed by atoms with Gasteiger partial charge in [0, 0.05) is 11.4 Å². The van der Waals surface area contributed by atoms with Crippen LogP contribution in [0.5, 0.6) is 0 Å². The van der Waals surface area contributed by atoms with Gasteiger partial charge in [0.25, 0.3) is 5.91 Å². The molecule has 0 aliphatic heterocycles. The van der Waals surface area contributed by atoms with Crippen LogP contribution in [0.25, 0.3) is 0 Å². The smallest absolute Gasteiger partial charge is 0.265 e. The summed E-state index contributed by atoms with van der Waals surface area (Å²) in [7, 11) is 0. The maximum absolute atomic E-state index is 12.1. The van der Waals surface area contributed by atoms with E-state index in [2.05, 4.69) is 10.4 Å². The molecule has 0 saturated heterocycles. The van der Waals surface area contributed by atoms with Crippen molar-refractivity contribution in [2.75, 3.05) is 5.32 Å². The molecule has 4 nitrogen and oxygen atoms in total. The zero-order chi connectivity index (χ0) is 13.3. The van der Waals surface area contributed by atoms with Crippen molar-refractivity contribution < 1.29 is 4.79 Å². The third kappa shape index (κ3) is 2.31. The van der Waals surface area contributed by atoms with E-state index in [1.54, 1.807) is 6.20 Å². The first kappa shape index (κ1) is 12.8. The second-order valence-corrected chi connectivity index (χ2v) is 5.52. The summed E-state index contributed by atoms with van der Waals surface area (Å²) >= 11 is 1.52. The van der Waals surface area contributed by atoms with Crippen LogP contribution in [-0.2, 0) is 6.54 Å². The van der Waals surface area contributed by atoms with Crippen LogP contribution in [0.15, 0.2) is 12.3 Å². The fraction of sp³-hybridized carbons (Fsp3) is 0.385. The maximum Gasteiger partial charge on any atom is 0.265 e. The number of thiophene rings is 1. The number of anilines is 1. The second kappa shape index (κ2) is 4.94. The number of aromatic nitrogens is 2. The Morgan fingerprint density at radius 2 is 2.17 bits per heavy atom. The van der Waals surface area contributed by atoms with E-state index in [4.69, 9.17) is 0 Å². The van der Waals surface area contributed by atoms with E-state index in [9.17, 15) is 4.79 Å². The molecule has 2 rings (SSSR count). The Kier molecular flexibility index (Phi) is 3.52. The molecule has 0 radical (unpaired) electrons. The van der Waals surface area contributed by atoms with Crippen LogP contribution in [0.2, 0.25) is 0 Å². The molecule has 0 fully saturated rings. The number of rotatable bonds is 3.